The number of esters is 1. The number of nitrogens with one attached hydrogen (secondary N) is 2. The van der Waals surface area contributed by atoms with Crippen LogP contribution in [-0.4, -0.2) is 33.7 Å². The van der Waals surface area contributed by atoms with Crippen LogP contribution in [-0.2, 0) is 24.7 Å². The predicted molar refractivity (Wildman–Crippen MR) is 200 cm³/mol. The molecule has 0 spiro atoms. The second-order valence-corrected chi connectivity index (χ2v) is 19.3. The Hall–Kier alpha value is -3.22. The normalized spacial score (nSPS) is 37.3. The van der Waals surface area contributed by atoms with Crippen molar-refractivity contribution in [1.29, 1.82) is 0 Å². The van der Waals surface area contributed by atoms with E-state index >= 15 is 0 Å². The van der Waals surface area contributed by atoms with Crippen LogP contribution in [0.25, 0.3) is 11.3 Å². The molecule has 0 aliphatic heterocycles. The molecule has 276 valence electrons. The summed E-state index contributed by atoms with van der Waals surface area (Å²) in [6.45, 7) is 22.2. The van der Waals surface area contributed by atoms with E-state index in [2.05, 4.69) is 58.8 Å². The molecule has 0 saturated heterocycles. The van der Waals surface area contributed by atoms with Crippen LogP contribution >= 0.6 is 0 Å². The van der Waals surface area contributed by atoms with Gasteiger partial charge in [-0.15, -0.1) is 0 Å². The monoisotopic (exact) mass is 695 g/mol. The number of nitrogens with zero attached hydrogens (tertiary/aromatic N) is 1. The molecule has 5 aliphatic rings. The molecule has 0 radical (unpaired) electrons. The summed E-state index contributed by atoms with van der Waals surface area (Å²) in [7, 11) is 0. The van der Waals surface area contributed by atoms with Gasteiger partial charge in [-0.3, -0.25) is 14.4 Å². The molecule has 5 aliphatic carbocycles. The molecule has 8 atom stereocenters. The lowest BCUT2D eigenvalue weighted by molar-refractivity contribution is -0.232. The first-order chi connectivity index (χ1) is 23.8. The van der Waals surface area contributed by atoms with Gasteiger partial charge < -0.3 is 15.0 Å². The summed E-state index contributed by atoms with van der Waals surface area (Å²) in [6.07, 6.45) is 9.98. The summed E-state index contributed by atoms with van der Waals surface area (Å²) >= 11 is 0. The lowest BCUT2D eigenvalue weighted by Gasteiger charge is -2.72. The molecule has 0 unspecified atom stereocenters. The average molecular weight is 696 g/mol. The predicted octanol–water partition coefficient (Wildman–Crippen LogP) is 9.34. The highest BCUT2D eigenvalue weighted by Gasteiger charge is 2.71. The molecule has 0 bridgehead atoms. The van der Waals surface area contributed by atoms with Crippen LogP contribution in [0.15, 0.2) is 47.7 Å². The van der Waals surface area contributed by atoms with Gasteiger partial charge in [0.15, 0.2) is 5.78 Å². The first-order valence-electron chi connectivity index (χ1n) is 19.7. The van der Waals surface area contributed by atoms with Gasteiger partial charge in [-0.05, 0) is 122 Å². The van der Waals surface area contributed by atoms with Crippen molar-refractivity contribution in [3.8, 4) is 11.3 Å². The van der Waals surface area contributed by atoms with Crippen LogP contribution in [0.5, 0.6) is 0 Å². The molecule has 1 amide bonds. The van der Waals surface area contributed by atoms with Crippen LogP contribution in [0.4, 0.5) is 0 Å². The highest BCUT2D eigenvalue weighted by Crippen LogP contribution is 2.76. The second kappa shape index (κ2) is 11.9. The number of hydrogen-bond donors (Lipinski definition) is 2. The van der Waals surface area contributed by atoms with E-state index in [9.17, 15) is 14.4 Å². The Balaban J connectivity index is 1.22. The lowest BCUT2D eigenvalue weighted by atomic mass is 9.33. The number of imidazole rings is 1. The Bertz CT molecular complexity index is 1770. The van der Waals surface area contributed by atoms with Crippen molar-refractivity contribution in [3.63, 3.8) is 0 Å². The maximum atomic E-state index is 15.0. The maximum Gasteiger partial charge on any atom is 0.302 e. The molecular weight excluding hydrogens is 635 g/mol. The number of amides is 1. The second-order valence-electron chi connectivity index (χ2n) is 19.3. The van der Waals surface area contributed by atoms with Gasteiger partial charge in [-0.2, -0.15) is 0 Å². The van der Waals surface area contributed by atoms with E-state index < -0.39 is 11.0 Å². The Labute approximate surface area is 305 Å². The van der Waals surface area contributed by atoms with Crippen molar-refractivity contribution in [2.24, 2.45) is 50.7 Å². The summed E-state index contributed by atoms with van der Waals surface area (Å²) in [5, 5.41) is 3.44. The topological polar surface area (TPSA) is 101 Å². The van der Waals surface area contributed by atoms with Gasteiger partial charge in [0.05, 0.1) is 22.8 Å². The fraction of sp³-hybridized carbons (Fsp3) is 0.682. The molecule has 1 heterocycles. The van der Waals surface area contributed by atoms with Crippen molar-refractivity contribution >= 4 is 17.7 Å². The third-order valence-electron chi connectivity index (χ3n) is 15.8. The first-order valence-corrected chi connectivity index (χ1v) is 19.7. The van der Waals surface area contributed by atoms with Crippen molar-refractivity contribution in [2.45, 2.75) is 139 Å². The van der Waals surface area contributed by atoms with Gasteiger partial charge >= 0.3 is 5.97 Å². The van der Waals surface area contributed by atoms with E-state index in [0.717, 1.165) is 61.8 Å². The molecule has 2 aromatic rings. The van der Waals surface area contributed by atoms with Crippen LogP contribution in [0.1, 0.15) is 133 Å². The van der Waals surface area contributed by atoms with Crippen molar-refractivity contribution in [2.75, 3.05) is 0 Å². The van der Waals surface area contributed by atoms with Crippen LogP contribution in [0, 0.1) is 50.7 Å². The van der Waals surface area contributed by atoms with Gasteiger partial charge in [0.2, 0.25) is 5.91 Å². The summed E-state index contributed by atoms with van der Waals surface area (Å²) in [5.41, 5.74) is 2.53. The Morgan fingerprint density at radius 1 is 0.922 bits per heavy atom. The molecule has 1 aromatic heterocycles. The van der Waals surface area contributed by atoms with Gasteiger partial charge in [-0.1, -0.05) is 78.8 Å². The minimum Gasteiger partial charge on any atom is -0.462 e. The fourth-order valence-electron chi connectivity index (χ4n) is 13.1. The molecule has 1 aromatic carbocycles. The van der Waals surface area contributed by atoms with Crippen LogP contribution in [0.2, 0.25) is 0 Å². The summed E-state index contributed by atoms with van der Waals surface area (Å²) in [5.74, 6) is 1.91. The summed E-state index contributed by atoms with van der Waals surface area (Å²) in [6, 6.07) is 10.1. The zero-order valence-corrected chi connectivity index (χ0v) is 32.8. The summed E-state index contributed by atoms with van der Waals surface area (Å²) < 4.78 is 5.96. The van der Waals surface area contributed by atoms with Gasteiger partial charge in [0, 0.05) is 18.8 Å². The lowest BCUT2D eigenvalue weighted by Crippen LogP contribution is -2.66. The Kier molecular flexibility index (Phi) is 8.43. The quantitative estimate of drug-likeness (QED) is 0.294. The number of fused-ring (bicyclic) bond motifs is 7. The minimum atomic E-state index is -0.832. The van der Waals surface area contributed by atoms with E-state index in [-0.39, 0.29) is 63.7 Å². The number of H-pyrrole nitrogens is 1. The number of allylic oxidation sites excluding steroid dienone is 1. The number of aromatic amines is 1. The molecule has 4 saturated carbocycles. The van der Waals surface area contributed by atoms with E-state index in [1.165, 1.54) is 5.57 Å². The minimum absolute atomic E-state index is 0.0281. The number of carbonyl (C=O) groups is 3. The number of hydrogen-bond acceptors (Lipinski definition) is 5. The van der Waals surface area contributed by atoms with Crippen molar-refractivity contribution in [3.05, 3.63) is 53.5 Å². The molecule has 51 heavy (non-hydrogen) atoms. The third-order valence-corrected chi connectivity index (χ3v) is 15.8. The molecule has 4 fully saturated rings. The standard InChI is InChI=1S/C44H61N3O4/c1-26(2)35-31(49)24-44(38(50)47-40(6,7)37-45-25-30(46-37)28-14-12-11-13-15-28)23-22-42(9)29(36(35)44)16-17-33-41(8)20-19-34(51-27(3)48)39(4,5)32(41)18-21-43(33,42)10/h11-15,25-26,29,32-34H,16-24H2,1-10H3,(H,45,46)(H,47,50)/t29-,32+,33-,34+,41+,42-,43-,44-/m1/s1. The number of Topliss-reactive ketones (excluding diaryl/α,β-unsaturated/α-hetero) is 1. The van der Waals surface area contributed by atoms with Crippen LogP contribution < -0.4 is 5.32 Å². The number of ether oxygens (including phenoxy) is 1. The molecule has 7 rings (SSSR count). The zero-order valence-electron chi connectivity index (χ0n) is 32.8. The number of carbonyl (C=O) groups excluding carboxylic acids is 3. The molecule has 7 heteroatoms. The molecule has 7 nitrogen and oxygen atoms in total. The van der Waals surface area contributed by atoms with E-state index in [1.54, 1.807) is 6.92 Å². The van der Waals surface area contributed by atoms with Crippen molar-refractivity contribution < 1.29 is 19.1 Å². The number of benzene rings is 1. The highest BCUT2D eigenvalue weighted by atomic mass is 16.5. The number of ketones is 1. The Morgan fingerprint density at radius 3 is 2.29 bits per heavy atom. The Morgan fingerprint density at radius 2 is 1.63 bits per heavy atom. The maximum absolute atomic E-state index is 15.0. The first kappa shape index (κ1) is 36.2. The van der Waals surface area contributed by atoms with Crippen LogP contribution in [0.3, 0.4) is 0 Å². The zero-order chi connectivity index (χ0) is 36.9. The highest BCUT2D eigenvalue weighted by molar-refractivity contribution is 6.07. The largest absolute Gasteiger partial charge is 0.462 e. The fourth-order valence-corrected chi connectivity index (χ4v) is 13.1. The average Bonchev–Trinajstić information content (AvgIpc) is 3.67. The molecule has 2 N–H and O–H groups in total. The smallest absolute Gasteiger partial charge is 0.302 e. The number of rotatable bonds is 6. The SMILES string of the molecule is CC(=O)O[C@H]1CC[C@]2(C)[C@H]3CC[C@@H]4C5=C(C(C)C)C(=O)C[C@]5(C(=O)NC(C)(C)c5ncc(-c6ccccc6)[nH]5)CC[C@@]4(C)[C@]3(C)CC[C@H]2C1(C)C. The van der Waals surface area contributed by atoms with Gasteiger partial charge in [-0.25, -0.2) is 4.98 Å². The van der Waals surface area contributed by atoms with E-state index in [1.807, 2.05) is 50.4 Å². The third kappa shape index (κ3) is 5.16. The van der Waals surface area contributed by atoms with E-state index in [0.29, 0.717) is 24.1 Å². The van der Waals surface area contributed by atoms with E-state index in [4.69, 9.17) is 9.72 Å². The van der Waals surface area contributed by atoms with Gasteiger partial charge in [0.25, 0.3) is 0 Å². The van der Waals surface area contributed by atoms with Crippen molar-refractivity contribution in [1.82, 2.24) is 15.3 Å². The molecular formula is C44H61N3O4. The summed E-state index contributed by atoms with van der Waals surface area (Å²) in [4.78, 5) is 49.4. The number of aromatic nitrogens is 2. The van der Waals surface area contributed by atoms with Gasteiger partial charge in [0.1, 0.15) is 11.9 Å².